The molecular weight excluding hydrogens is 430 g/mol. The standard InChI is InChI=1S/C25H29N7S/c1-18-16-26-24(29-20-11-9-19(10-12-20)17-32-14-6-13-27-32)30-23(18)28-21-7-5-8-22(15-21)33-31-25(2,3)4/h5-16,31H,17H2,1-4H3,(H2,26,28,29,30). The van der Waals surface area contributed by atoms with E-state index in [1.807, 2.05) is 54.3 Å². The largest absolute Gasteiger partial charge is 0.340 e. The molecule has 0 unspecified atom stereocenters. The van der Waals surface area contributed by atoms with Gasteiger partial charge in [-0.25, -0.2) is 4.98 Å². The molecule has 4 rings (SSSR count). The van der Waals surface area contributed by atoms with E-state index >= 15 is 0 Å². The topological polar surface area (TPSA) is 79.7 Å². The van der Waals surface area contributed by atoms with Crippen LogP contribution in [0.15, 0.2) is 78.1 Å². The Bertz CT molecular complexity index is 1180. The van der Waals surface area contributed by atoms with Crippen LogP contribution >= 0.6 is 11.9 Å². The van der Waals surface area contributed by atoms with Crippen LogP contribution in [0.5, 0.6) is 0 Å². The second kappa shape index (κ2) is 10.1. The zero-order chi connectivity index (χ0) is 23.3. The molecule has 0 amide bonds. The van der Waals surface area contributed by atoms with Crippen molar-refractivity contribution in [3.63, 3.8) is 0 Å². The minimum Gasteiger partial charge on any atom is -0.340 e. The van der Waals surface area contributed by atoms with Gasteiger partial charge < -0.3 is 10.6 Å². The molecule has 0 saturated heterocycles. The second-order valence-electron chi connectivity index (χ2n) is 8.86. The summed E-state index contributed by atoms with van der Waals surface area (Å²) in [6, 6.07) is 18.4. The lowest BCUT2D eigenvalue weighted by atomic mass is 10.1. The number of anilines is 4. The number of hydrogen-bond donors (Lipinski definition) is 3. The first-order valence-corrected chi connectivity index (χ1v) is 11.6. The lowest BCUT2D eigenvalue weighted by molar-refractivity contribution is 0.535. The first-order valence-electron chi connectivity index (χ1n) is 10.8. The highest BCUT2D eigenvalue weighted by Gasteiger charge is 2.10. The molecule has 0 fully saturated rings. The summed E-state index contributed by atoms with van der Waals surface area (Å²) in [6.07, 6.45) is 5.56. The number of benzene rings is 2. The van der Waals surface area contributed by atoms with Gasteiger partial charge in [-0.15, -0.1) is 0 Å². The fourth-order valence-electron chi connectivity index (χ4n) is 3.02. The summed E-state index contributed by atoms with van der Waals surface area (Å²) < 4.78 is 5.34. The molecule has 0 radical (unpaired) electrons. The van der Waals surface area contributed by atoms with Crippen LogP contribution in [0, 0.1) is 6.92 Å². The van der Waals surface area contributed by atoms with Crippen molar-refractivity contribution in [2.45, 2.75) is 44.7 Å². The van der Waals surface area contributed by atoms with Crippen molar-refractivity contribution in [1.29, 1.82) is 0 Å². The lowest BCUT2D eigenvalue weighted by Gasteiger charge is -2.19. The minimum absolute atomic E-state index is 0.0370. The molecule has 0 aliphatic heterocycles. The molecule has 4 aromatic rings. The van der Waals surface area contributed by atoms with Gasteiger partial charge in [0, 0.05) is 46.0 Å². The van der Waals surface area contributed by atoms with Crippen LogP contribution in [0.4, 0.5) is 23.1 Å². The quantitative estimate of drug-likeness (QED) is 0.283. The highest BCUT2D eigenvalue weighted by atomic mass is 32.2. The summed E-state index contributed by atoms with van der Waals surface area (Å²) in [7, 11) is 0. The third kappa shape index (κ3) is 6.81. The predicted molar refractivity (Wildman–Crippen MR) is 136 cm³/mol. The van der Waals surface area contributed by atoms with E-state index in [4.69, 9.17) is 4.98 Å². The number of rotatable bonds is 8. The fourth-order valence-corrected chi connectivity index (χ4v) is 3.78. The molecule has 0 aliphatic rings. The normalized spacial score (nSPS) is 11.4. The van der Waals surface area contributed by atoms with Gasteiger partial charge in [0.15, 0.2) is 0 Å². The smallest absolute Gasteiger partial charge is 0.229 e. The van der Waals surface area contributed by atoms with E-state index in [1.54, 1.807) is 18.1 Å². The third-order valence-corrected chi connectivity index (χ3v) is 5.86. The van der Waals surface area contributed by atoms with Crippen molar-refractivity contribution in [1.82, 2.24) is 24.5 Å². The Morgan fingerprint density at radius 2 is 1.79 bits per heavy atom. The SMILES string of the molecule is Cc1cnc(Nc2ccc(Cn3cccn3)cc2)nc1Nc1cccc(SNC(C)(C)C)c1. The fraction of sp³-hybridized carbons (Fsp3) is 0.240. The van der Waals surface area contributed by atoms with Gasteiger partial charge >= 0.3 is 0 Å². The number of nitrogens with one attached hydrogen (secondary N) is 3. The molecule has 2 aromatic carbocycles. The summed E-state index contributed by atoms with van der Waals surface area (Å²) >= 11 is 1.62. The Hall–Kier alpha value is -3.36. The maximum Gasteiger partial charge on any atom is 0.229 e. The van der Waals surface area contributed by atoms with Crippen LogP contribution in [-0.2, 0) is 6.54 Å². The number of nitrogens with zero attached hydrogens (tertiary/aromatic N) is 4. The molecule has 33 heavy (non-hydrogen) atoms. The van der Waals surface area contributed by atoms with Gasteiger partial charge in [-0.1, -0.05) is 18.2 Å². The minimum atomic E-state index is 0.0370. The van der Waals surface area contributed by atoms with E-state index in [9.17, 15) is 0 Å². The van der Waals surface area contributed by atoms with Gasteiger partial charge in [0.05, 0.1) is 6.54 Å². The maximum atomic E-state index is 4.69. The van der Waals surface area contributed by atoms with Gasteiger partial charge in [-0.3, -0.25) is 9.40 Å². The zero-order valence-electron chi connectivity index (χ0n) is 19.3. The molecule has 170 valence electrons. The van der Waals surface area contributed by atoms with Crippen molar-refractivity contribution < 1.29 is 0 Å². The van der Waals surface area contributed by atoms with Gasteiger partial charge in [0.2, 0.25) is 5.95 Å². The van der Waals surface area contributed by atoms with Gasteiger partial charge in [-0.05, 0) is 81.6 Å². The first kappa shape index (κ1) is 22.8. The third-order valence-electron chi connectivity index (χ3n) is 4.66. The molecule has 2 heterocycles. The maximum absolute atomic E-state index is 4.69. The molecule has 0 saturated carbocycles. The summed E-state index contributed by atoms with van der Waals surface area (Å²) in [6.45, 7) is 9.18. The molecule has 2 aromatic heterocycles. The molecule has 8 heteroatoms. The zero-order valence-corrected chi connectivity index (χ0v) is 20.1. The van der Waals surface area contributed by atoms with Crippen molar-refractivity contribution in [3.05, 3.63) is 84.3 Å². The van der Waals surface area contributed by atoms with Crippen LogP contribution in [0.3, 0.4) is 0 Å². The van der Waals surface area contributed by atoms with Crippen LogP contribution in [0.1, 0.15) is 31.9 Å². The van der Waals surface area contributed by atoms with Crippen LogP contribution in [0.2, 0.25) is 0 Å². The highest BCUT2D eigenvalue weighted by Crippen LogP contribution is 2.25. The van der Waals surface area contributed by atoms with E-state index < -0.39 is 0 Å². The molecule has 7 nitrogen and oxygen atoms in total. The number of aromatic nitrogens is 4. The Balaban J connectivity index is 1.43. The summed E-state index contributed by atoms with van der Waals surface area (Å²) in [5.41, 5.74) is 4.10. The van der Waals surface area contributed by atoms with Gasteiger partial charge in [-0.2, -0.15) is 10.1 Å². The Labute approximate surface area is 199 Å². The average molecular weight is 460 g/mol. The van der Waals surface area contributed by atoms with Crippen molar-refractivity contribution in [2.75, 3.05) is 10.6 Å². The average Bonchev–Trinajstić information content (AvgIpc) is 3.29. The summed E-state index contributed by atoms with van der Waals surface area (Å²) in [4.78, 5) is 10.3. The van der Waals surface area contributed by atoms with E-state index in [0.717, 1.165) is 34.2 Å². The molecule has 0 spiro atoms. The Morgan fingerprint density at radius 3 is 2.52 bits per heavy atom. The summed E-state index contributed by atoms with van der Waals surface area (Å²) in [5.74, 6) is 1.32. The molecule has 0 atom stereocenters. The van der Waals surface area contributed by atoms with Crippen molar-refractivity contribution in [2.24, 2.45) is 0 Å². The number of hydrogen-bond acceptors (Lipinski definition) is 7. The molecule has 0 bridgehead atoms. The molecule has 3 N–H and O–H groups in total. The summed E-state index contributed by atoms with van der Waals surface area (Å²) in [5, 5.41) is 11.0. The van der Waals surface area contributed by atoms with Crippen molar-refractivity contribution in [3.8, 4) is 0 Å². The first-order chi connectivity index (χ1) is 15.8. The van der Waals surface area contributed by atoms with Crippen molar-refractivity contribution >= 4 is 35.1 Å². The van der Waals surface area contributed by atoms with Crippen LogP contribution in [0.25, 0.3) is 0 Å². The van der Waals surface area contributed by atoms with E-state index in [1.165, 1.54) is 5.56 Å². The van der Waals surface area contributed by atoms with E-state index in [-0.39, 0.29) is 5.54 Å². The highest BCUT2D eigenvalue weighted by molar-refractivity contribution is 7.97. The van der Waals surface area contributed by atoms with E-state index in [0.29, 0.717) is 5.95 Å². The van der Waals surface area contributed by atoms with E-state index in [2.05, 4.69) is 70.5 Å². The second-order valence-corrected chi connectivity index (χ2v) is 9.74. The Morgan fingerprint density at radius 1 is 0.970 bits per heavy atom. The monoisotopic (exact) mass is 459 g/mol. The molecular formula is C25H29N7S. The van der Waals surface area contributed by atoms with Gasteiger partial charge in [0.25, 0.3) is 0 Å². The molecule has 0 aliphatic carbocycles. The lowest BCUT2D eigenvalue weighted by Crippen LogP contribution is -2.29. The Kier molecular flexibility index (Phi) is 6.96. The number of aryl methyl sites for hydroxylation is 1. The van der Waals surface area contributed by atoms with Gasteiger partial charge in [0.1, 0.15) is 5.82 Å². The van der Waals surface area contributed by atoms with Crippen LogP contribution in [-0.4, -0.2) is 25.3 Å². The predicted octanol–water partition coefficient (Wildman–Crippen LogP) is 5.91. The van der Waals surface area contributed by atoms with Crippen LogP contribution < -0.4 is 15.4 Å².